The van der Waals surface area contributed by atoms with E-state index in [0.717, 1.165) is 56.5 Å². The van der Waals surface area contributed by atoms with Crippen LogP contribution in [0.3, 0.4) is 0 Å². The van der Waals surface area contributed by atoms with Crippen LogP contribution >= 0.6 is 11.3 Å². The van der Waals surface area contributed by atoms with Crippen molar-refractivity contribution in [3.8, 4) is 5.75 Å². The first-order chi connectivity index (χ1) is 13.7. The van der Waals surface area contributed by atoms with Gasteiger partial charge < -0.3 is 24.6 Å². The van der Waals surface area contributed by atoms with Crippen molar-refractivity contribution in [2.75, 3.05) is 56.2 Å². The van der Waals surface area contributed by atoms with Crippen LogP contribution in [0.4, 0.5) is 10.8 Å². The number of piperazine rings is 1. The van der Waals surface area contributed by atoms with Gasteiger partial charge in [0.15, 0.2) is 5.13 Å². The third kappa shape index (κ3) is 4.39. The van der Waals surface area contributed by atoms with Gasteiger partial charge in [0, 0.05) is 50.4 Å². The molecule has 0 saturated carbocycles. The van der Waals surface area contributed by atoms with Gasteiger partial charge in [-0.25, -0.2) is 4.98 Å². The zero-order chi connectivity index (χ0) is 19.3. The fraction of sp³-hybridized carbons (Fsp3) is 0.500. The lowest BCUT2D eigenvalue weighted by molar-refractivity contribution is 0.0854. The number of amides is 1. The van der Waals surface area contributed by atoms with Crippen LogP contribution in [-0.2, 0) is 4.74 Å². The maximum absolute atomic E-state index is 12.3. The Morgan fingerprint density at radius 3 is 2.68 bits per heavy atom. The number of hydrogen-bond donors (Lipinski definition) is 1. The van der Waals surface area contributed by atoms with E-state index in [2.05, 4.69) is 32.2 Å². The molecule has 2 saturated heterocycles. The number of nitrogens with zero attached hydrogens (tertiary/aromatic N) is 3. The lowest BCUT2D eigenvalue weighted by Gasteiger charge is -2.36. The summed E-state index contributed by atoms with van der Waals surface area (Å²) < 4.78 is 10.8. The Morgan fingerprint density at radius 2 is 2.00 bits per heavy atom. The van der Waals surface area contributed by atoms with Crippen molar-refractivity contribution in [3.63, 3.8) is 0 Å². The predicted octanol–water partition coefficient (Wildman–Crippen LogP) is 2.39. The molecule has 7 nitrogen and oxygen atoms in total. The van der Waals surface area contributed by atoms with Gasteiger partial charge in [0.2, 0.25) is 0 Å². The SMILES string of the molecule is COc1ccc(N2CCN(c3nc(C(=O)NCC4CCCO4)cs3)CC2)cc1. The molecule has 1 N–H and O–H groups in total. The molecule has 28 heavy (non-hydrogen) atoms. The number of thiazole rings is 1. The summed E-state index contributed by atoms with van der Waals surface area (Å²) in [7, 11) is 1.68. The zero-order valence-corrected chi connectivity index (χ0v) is 16.9. The zero-order valence-electron chi connectivity index (χ0n) is 16.1. The quantitative estimate of drug-likeness (QED) is 0.800. The number of methoxy groups -OCH3 is 1. The predicted molar refractivity (Wildman–Crippen MR) is 111 cm³/mol. The van der Waals surface area contributed by atoms with Crippen molar-refractivity contribution in [2.45, 2.75) is 18.9 Å². The summed E-state index contributed by atoms with van der Waals surface area (Å²) in [6.07, 6.45) is 2.23. The number of carbonyl (C=O) groups is 1. The minimum atomic E-state index is -0.116. The van der Waals surface area contributed by atoms with Crippen LogP contribution in [0, 0.1) is 0 Å². The van der Waals surface area contributed by atoms with Gasteiger partial charge in [0.25, 0.3) is 5.91 Å². The highest BCUT2D eigenvalue weighted by Crippen LogP contribution is 2.25. The molecule has 2 aromatic rings. The van der Waals surface area contributed by atoms with Gasteiger partial charge in [-0.3, -0.25) is 4.79 Å². The molecule has 8 heteroatoms. The molecule has 1 amide bonds. The number of carbonyl (C=O) groups excluding carboxylic acids is 1. The highest BCUT2D eigenvalue weighted by molar-refractivity contribution is 7.13. The lowest BCUT2D eigenvalue weighted by atomic mass is 10.2. The van der Waals surface area contributed by atoms with Crippen LogP contribution in [0.1, 0.15) is 23.3 Å². The van der Waals surface area contributed by atoms with E-state index in [9.17, 15) is 4.79 Å². The monoisotopic (exact) mass is 402 g/mol. The Morgan fingerprint density at radius 1 is 1.25 bits per heavy atom. The summed E-state index contributed by atoms with van der Waals surface area (Å²) in [6, 6.07) is 8.16. The summed E-state index contributed by atoms with van der Waals surface area (Å²) >= 11 is 1.53. The minimum Gasteiger partial charge on any atom is -0.497 e. The number of nitrogens with one attached hydrogen (secondary N) is 1. The third-order valence-corrected chi connectivity index (χ3v) is 6.13. The molecule has 0 spiro atoms. The Kier molecular flexibility index (Phi) is 5.97. The third-order valence-electron chi connectivity index (χ3n) is 5.23. The van der Waals surface area contributed by atoms with Crippen LogP contribution in [0.2, 0.25) is 0 Å². The normalized spacial score (nSPS) is 19.7. The maximum Gasteiger partial charge on any atom is 0.270 e. The van der Waals surface area contributed by atoms with Gasteiger partial charge in [-0.15, -0.1) is 11.3 Å². The van der Waals surface area contributed by atoms with Crippen molar-refractivity contribution in [1.29, 1.82) is 0 Å². The van der Waals surface area contributed by atoms with Gasteiger partial charge in [-0.2, -0.15) is 0 Å². The lowest BCUT2D eigenvalue weighted by Crippen LogP contribution is -2.46. The van der Waals surface area contributed by atoms with Crippen molar-refractivity contribution >= 4 is 28.1 Å². The van der Waals surface area contributed by atoms with Crippen LogP contribution < -0.4 is 19.9 Å². The fourth-order valence-corrected chi connectivity index (χ4v) is 4.42. The van der Waals surface area contributed by atoms with E-state index in [0.29, 0.717) is 12.2 Å². The Hall–Kier alpha value is -2.32. The molecule has 2 aliphatic heterocycles. The molecule has 2 fully saturated rings. The molecule has 0 radical (unpaired) electrons. The molecular weight excluding hydrogens is 376 g/mol. The van der Waals surface area contributed by atoms with E-state index in [-0.39, 0.29) is 12.0 Å². The summed E-state index contributed by atoms with van der Waals surface area (Å²) in [5, 5.41) is 5.70. The molecule has 4 rings (SSSR count). The van der Waals surface area contributed by atoms with Crippen LogP contribution in [0.15, 0.2) is 29.6 Å². The molecule has 0 bridgehead atoms. The Labute approximate surface area is 169 Å². The van der Waals surface area contributed by atoms with Gasteiger partial charge >= 0.3 is 0 Å². The summed E-state index contributed by atoms with van der Waals surface area (Å²) in [4.78, 5) is 21.5. The smallest absolute Gasteiger partial charge is 0.270 e. The number of rotatable bonds is 6. The Balaban J connectivity index is 1.29. The molecule has 0 aliphatic carbocycles. The highest BCUT2D eigenvalue weighted by atomic mass is 32.1. The topological polar surface area (TPSA) is 66.9 Å². The van der Waals surface area contributed by atoms with Crippen LogP contribution in [0.5, 0.6) is 5.75 Å². The maximum atomic E-state index is 12.3. The first kappa shape index (κ1) is 19.0. The average molecular weight is 403 g/mol. The van der Waals surface area contributed by atoms with Crippen molar-refractivity contribution < 1.29 is 14.3 Å². The van der Waals surface area contributed by atoms with E-state index < -0.39 is 0 Å². The molecule has 150 valence electrons. The molecule has 1 unspecified atom stereocenters. The van der Waals surface area contributed by atoms with Crippen molar-refractivity contribution in [2.24, 2.45) is 0 Å². The first-order valence-electron chi connectivity index (χ1n) is 9.72. The highest BCUT2D eigenvalue weighted by Gasteiger charge is 2.22. The summed E-state index contributed by atoms with van der Waals surface area (Å²) in [5.74, 6) is 0.755. The van der Waals surface area contributed by atoms with Gasteiger partial charge in [-0.1, -0.05) is 0 Å². The summed E-state index contributed by atoms with van der Waals surface area (Å²) in [5.41, 5.74) is 1.70. The van der Waals surface area contributed by atoms with E-state index in [1.807, 2.05) is 17.5 Å². The van der Waals surface area contributed by atoms with Crippen LogP contribution in [-0.4, -0.2) is 63.4 Å². The standard InChI is InChI=1S/C20H26N4O3S/c1-26-16-6-4-15(5-7-16)23-8-10-24(11-9-23)20-22-18(14-28-20)19(25)21-13-17-3-2-12-27-17/h4-7,14,17H,2-3,8-13H2,1H3,(H,21,25). The Bertz CT molecular complexity index is 781. The largest absolute Gasteiger partial charge is 0.497 e. The molecule has 1 atom stereocenters. The fourth-order valence-electron chi connectivity index (χ4n) is 3.57. The van der Waals surface area contributed by atoms with E-state index in [1.165, 1.54) is 17.0 Å². The van der Waals surface area contributed by atoms with Gasteiger partial charge in [0.1, 0.15) is 11.4 Å². The number of benzene rings is 1. The van der Waals surface area contributed by atoms with Gasteiger partial charge in [-0.05, 0) is 37.1 Å². The second-order valence-electron chi connectivity index (χ2n) is 7.03. The van der Waals surface area contributed by atoms with Gasteiger partial charge in [0.05, 0.1) is 13.2 Å². The summed E-state index contributed by atoms with van der Waals surface area (Å²) in [6.45, 7) is 4.97. The van der Waals surface area contributed by atoms with Crippen LogP contribution in [0.25, 0.3) is 0 Å². The number of anilines is 2. The van der Waals surface area contributed by atoms with Crippen molar-refractivity contribution in [3.05, 3.63) is 35.3 Å². The second-order valence-corrected chi connectivity index (χ2v) is 7.87. The number of aromatic nitrogens is 1. The van der Waals surface area contributed by atoms with E-state index in [4.69, 9.17) is 9.47 Å². The van der Waals surface area contributed by atoms with E-state index >= 15 is 0 Å². The van der Waals surface area contributed by atoms with E-state index in [1.54, 1.807) is 7.11 Å². The first-order valence-corrected chi connectivity index (χ1v) is 10.6. The minimum absolute atomic E-state index is 0.116. The molecular formula is C20H26N4O3S. The molecule has 3 heterocycles. The molecule has 1 aromatic carbocycles. The second kappa shape index (κ2) is 8.79. The average Bonchev–Trinajstić information content (AvgIpc) is 3.44. The molecule has 2 aliphatic rings. The number of hydrogen-bond acceptors (Lipinski definition) is 7. The number of ether oxygens (including phenoxy) is 2. The molecule has 1 aromatic heterocycles. The van der Waals surface area contributed by atoms with Crippen molar-refractivity contribution in [1.82, 2.24) is 10.3 Å².